The molecule has 2 unspecified atom stereocenters. The molecular formula is C13H19N3O3. The lowest BCUT2D eigenvalue weighted by atomic mass is 10.1. The van der Waals surface area contributed by atoms with Crippen molar-refractivity contribution in [3.8, 4) is 0 Å². The Bertz CT molecular complexity index is 464. The van der Waals surface area contributed by atoms with E-state index in [4.69, 9.17) is 0 Å². The van der Waals surface area contributed by atoms with Gasteiger partial charge in [0.25, 0.3) is 5.69 Å². The normalized spacial score (nSPS) is 23.7. The van der Waals surface area contributed by atoms with Crippen LogP contribution >= 0.6 is 0 Å². The van der Waals surface area contributed by atoms with Crippen molar-refractivity contribution >= 4 is 11.5 Å². The maximum absolute atomic E-state index is 10.7. The van der Waals surface area contributed by atoms with Crippen LogP contribution in [0.1, 0.15) is 37.8 Å². The van der Waals surface area contributed by atoms with Gasteiger partial charge in [0.05, 0.1) is 17.1 Å². The van der Waals surface area contributed by atoms with Gasteiger partial charge in [0.1, 0.15) is 11.5 Å². The second-order valence-corrected chi connectivity index (χ2v) is 5.01. The van der Waals surface area contributed by atoms with Crippen molar-refractivity contribution in [1.29, 1.82) is 0 Å². The Morgan fingerprint density at radius 2 is 2.11 bits per heavy atom. The van der Waals surface area contributed by atoms with E-state index in [0.717, 1.165) is 32.1 Å². The first-order valence-corrected chi connectivity index (χ1v) is 6.64. The number of nitro groups is 1. The van der Waals surface area contributed by atoms with Crippen LogP contribution in [0.25, 0.3) is 0 Å². The summed E-state index contributed by atoms with van der Waals surface area (Å²) >= 11 is 0. The molecule has 0 aromatic carbocycles. The van der Waals surface area contributed by atoms with E-state index in [9.17, 15) is 15.2 Å². The minimum absolute atomic E-state index is 0.0177. The number of aryl methyl sites for hydroxylation is 1. The number of hydrogen-bond acceptors (Lipinski definition) is 5. The van der Waals surface area contributed by atoms with Gasteiger partial charge in [-0.3, -0.25) is 10.1 Å². The van der Waals surface area contributed by atoms with Crippen molar-refractivity contribution in [3.05, 3.63) is 27.9 Å². The molecule has 1 aromatic heterocycles. The lowest BCUT2D eigenvalue weighted by Gasteiger charge is -2.22. The van der Waals surface area contributed by atoms with Crippen molar-refractivity contribution in [2.45, 2.75) is 51.2 Å². The molecule has 1 aliphatic rings. The number of hydrogen-bond donors (Lipinski definition) is 2. The molecule has 0 bridgehead atoms. The van der Waals surface area contributed by atoms with E-state index in [1.165, 1.54) is 6.07 Å². The topological polar surface area (TPSA) is 88.3 Å². The molecule has 0 aliphatic heterocycles. The highest BCUT2D eigenvalue weighted by atomic mass is 16.6. The van der Waals surface area contributed by atoms with Crippen LogP contribution in [0.15, 0.2) is 12.1 Å². The summed E-state index contributed by atoms with van der Waals surface area (Å²) in [6.07, 6.45) is 4.59. The van der Waals surface area contributed by atoms with Crippen LogP contribution < -0.4 is 5.32 Å². The molecule has 6 nitrogen and oxygen atoms in total. The number of pyridine rings is 1. The van der Waals surface area contributed by atoms with E-state index in [2.05, 4.69) is 10.3 Å². The lowest BCUT2D eigenvalue weighted by Crippen LogP contribution is -2.32. The number of aliphatic hydroxyl groups is 1. The minimum Gasteiger partial charge on any atom is -0.391 e. The van der Waals surface area contributed by atoms with Crippen LogP contribution in [0, 0.1) is 17.0 Å². The lowest BCUT2D eigenvalue weighted by molar-refractivity contribution is -0.385. The van der Waals surface area contributed by atoms with Crippen molar-refractivity contribution in [3.63, 3.8) is 0 Å². The van der Waals surface area contributed by atoms with Crippen LogP contribution in [-0.4, -0.2) is 27.2 Å². The van der Waals surface area contributed by atoms with Crippen LogP contribution in [0.5, 0.6) is 0 Å². The number of nitrogens with one attached hydrogen (secondary N) is 1. The van der Waals surface area contributed by atoms with Gasteiger partial charge in [-0.15, -0.1) is 0 Å². The molecule has 2 N–H and O–H groups in total. The monoisotopic (exact) mass is 265 g/mol. The van der Waals surface area contributed by atoms with Gasteiger partial charge in [0, 0.05) is 6.07 Å². The molecule has 1 aliphatic carbocycles. The minimum atomic E-state index is -0.438. The summed E-state index contributed by atoms with van der Waals surface area (Å²) in [5, 5.41) is 23.9. The van der Waals surface area contributed by atoms with E-state index in [-0.39, 0.29) is 17.8 Å². The molecule has 1 saturated carbocycles. The fraction of sp³-hybridized carbons (Fsp3) is 0.615. The number of anilines is 1. The first-order valence-electron chi connectivity index (χ1n) is 6.64. The SMILES string of the molecule is Cc1nc(NC2CCCCCC2O)ccc1[N+](=O)[O-]. The van der Waals surface area contributed by atoms with Crippen molar-refractivity contribution in [2.24, 2.45) is 0 Å². The molecular weight excluding hydrogens is 246 g/mol. The van der Waals surface area contributed by atoms with Crippen molar-refractivity contribution < 1.29 is 10.0 Å². The smallest absolute Gasteiger partial charge is 0.290 e. The molecule has 1 fully saturated rings. The molecule has 0 saturated heterocycles. The average Bonchev–Trinajstić information content (AvgIpc) is 2.55. The van der Waals surface area contributed by atoms with Gasteiger partial charge in [-0.05, 0) is 25.8 Å². The molecule has 2 atom stereocenters. The predicted molar refractivity (Wildman–Crippen MR) is 72.1 cm³/mol. The maximum Gasteiger partial charge on any atom is 0.290 e. The zero-order valence-corrected chi connectivity index (χ0v) is 11.0. The maximum atomic E-state index is 10.7. The first kappa shape index (κ1) is 13.7. The quantitative estimate of drug-likeness (QED) is 0.497. The second kappa shape index (κ2) is 5.97. The fourth-order valence-electron chi connectivity index (χ4n) is 2.47. The van der Waals surface area contributed by atoms with Gasteiger partial charge in [-0.2, -0.15) is 0 Å². The Kier molecular flexibility index (Phi) is 4.31. The summed E-state index contributed by atoms with van der Waals surface area (Å²) in [5.74, 6) is 0.592. The van der Waals surface area contributed by atoms with Crippen molar-refractivity contribution in [2.75, 3.05) is 5.32 Å². The first-order chi connectivity index (χ1) is 9.08. The highest BCUT2D eigenvalue weighted by Crippen LogP contribution is 2.23. The van der Waals surface area contributed by atoms with Crippen LogP contribution in [-0.2, 0) is 0 Å². The summed E-state index contributed by atoms with van der Waals surface area (Å²) in [4.78, 5) is 14.5. The van der Waals surface area contributed by atoms with Crippen LogP contribution in [0.3, 0.4) is 0 Å². The number of aromatic nitrogens is 1. The van der Waals surface area contributed by atoms with Gasteiger partial charge in [0.15, 0.2) is 0 Å². The standard InChI is InChI=1S/C13H19N3O3/c1-9-11(16(18)19)7-8-13(14-9)15-10-5-3-2-4-6-12(10)17/h7-8,10,12,17H,2-6H2,1H3,(H,14,15). The van der Waals surface area contributed by atoms with E-state index in [0.29, 0.717) is 11.5 Å². The Balaban J connectivity index is 2.10. The third kappa shape index (κ3) is 3.41. The summed E-state index contributed by atoms with van der Waals surface area (Å²) in [5.41, 5.74) is 0.407. The largest absolute Gasteiger partial charge is 0.391 e. The van der Waals surface area contributed by atoms with Gasteiger partial charge in [-0.25, -0.2) is 4.98 Å². The Hall–Kier alpha value is -1.69. The summed E-state index contributed by atoms with van der Waals surface area (Å²) < 4.78 is 0. The Morgan fingerprint density at radius 1 is 1.37 bits per heavy atom. The second-order valence-electron chi connectivity index (χ2n) is 5.01. The van der Waals surface area contributed by atoms with E-state index >= 15 is 0 Å². The highest BCUT2D eigenvalue weighted by Gasteiger charge is 2.22. The molecule has 1 aromatic rings. The third-order valence-corrected chi connectivity index (χ3v) is 3.57. The Labute approximate surface area is 112 Å². The molecule has 1 heterocycles. The zero-order valence-electron chi connectivity index (χ0n) is 11.0. The number of rotatable bonds is 3. The molecule has 0 spiro atoms. The van der Waals surface area contributed by atoms with Gasteiger partial charge in [-0.1, -0.05) is 19.3 Å². The predicted octanol–water partition coefficient (Wildman–Crippen LogP) is 2.40. The molecule has 6 heteroatoms. The fourth-order valence-corrected chi connectivity index (χ4v) is 2.47. The van der Waals surface area contributed by atoms with Gasteiger partial charge >= 0.3 is 0 Å². The summed E-state index contributed by atoms with van der Waals surface area (Å²) in [6.45, 7) is 1.62. The van der Waals surface area contributed by atoms with E-state index in [1.54, 1.807) is 13.0 Å². The molecule has 104 valence electrons. The van der Waals surface area contributed by atoms with E-state index in [1.807, 2.05) is 0 Å². The Morgan fingerprint density at radius 3 is 2.79 bits per heavy atom. The summed E-state index contributed by atoms with van der Waals surface area (Å²) in [6, 6.07) is 3.03. The number of nitrogens with zero attached hydrogens (tertiary/aromatic N) is 2. The van der Waals surface area contributed by atoms with Crippen LogP contribution in [0.4, 0.5) is 11.5 Å². The molecule has 19 heavy (non-hydrogen) atoms. The molecule has 0 amide bonds. The number of aliphatic hydroxyl groups excluding tert-OH is 1. The summed E-state index contributed by atoms with van der Waals surface area (Å²) in [7, 11) is 0. The van der Waals surface area contributed by atoms with E-state index < -0.39 is 4.92 Å². The zero-order chi connectivity index (χ0) is 13.8. The third-order valence-electron chi connectivity index (χ3n) is 3.57. The van der Waals surface area contributed by atoms with Gasteiger partial charge in [0.2, 0.25) is 0 Å². The highest BCUT2D eigenvalue weighted by molar-refractivity contribution is 5.45. The van der Waals surface area contributed by atoms with Gasteiger partial charge < -0.3 is 10.4 Å². The van der Waals surface area contributed by atoms with Crippen molar-refractivity contribution in [1.82, 2.24) is 4.98 Å². The average molecular weight is 265 g/mol. The molecule has 2 rings (SSSR count). The molecule has 0 radical (unpaired) electrons. The van der Waals surface area contributed by atoms with Crippen LogP contribution in [0.2, 0.25) is 0 Å².